The number of hydrogen-bond acceptors (Lipinski definition) is 2. The Labute approximate surface area is 79.7 Å². The number of halogens is 2. The fourth-order valence-corrected chi connectivity index (χ4v) is 1.55. The number of carbonyl (C=O) groups is 1. The average Bonchev–Trinajstić information content (AvgIpc) is 2.89. The topological polar surface area (TPSA) is 34.9 Å². The molecule has 5 heteroatoms. The molecule has 0 bridgehead atoms. The van der Waals surface area contributed by atoms with Gasteiger partial charge in [0.15, 0.2) is 0 Å². The van der Waals surface area contributed by atoms with Gasteiger partial charge in [0.05, 0.1) is 6.20 Å². The molecule has 3 nitrogen and oxygen atoms in total. The van der Waals surface area contributed by atoms with Crippen molar-refractivity contribution < 1.29 is 13.6 Å². The van der Waals surface area contributed by atoms with E-state index in [4.69, 9.17) is 0 Å². The van der Waals surface area contributed by atoms with Crippen molar-refractivity contribution in [1.29, 1.82) is 0 Å². The summed E-state index contributed by atoms with van der Waals surface area (Å²) >= 11 is 0. The number of alkyl halides is 2. The lowest BCUT2D eigenvalue weighted by atomic mass is 10.1. The Kier molecular flexibility index (Phi) is 2.09. The van der Waals surface area contributed by atoms with E-state index < -0.39 is 12.2 Å². The van der Waals surface area contributed by atoms with Crippen LogP contribution in [0.3, 0.4) is 0 Å². The molecular weight excluding hydrogens is 190 g/mol. The van der Waals surface area contributed by atoms with Crippen molar-refractivity contribution in [2.45, 2.75) is 25.2 Å². The lowest BCUT2D eigenvalue weighted by Crippen LogP contribution is -2.16. The van der Waals surface area contributed by atoms with E-state index in [9.17, 15) is 13.6 Å². The van der Waals surface area contributed by atoms with Crippen LogP contribution >= 0.6 is 0 Å². The van der Waals surface area contributed by atoms with Crippen molar-refractivity contribution >= 4 is 5.78 Å². The highest BCUT2D eigenvalue weighted by Gasteiger charge is 2.33. The molecule has 1 heterocycles. The number of hydrogen-bond donors (Lipinski definition) is 0. The summed E-state index contributed by atoms with van der Waals surface area (Å²) in [6, 6.07) is 0. The number of aromatic nitrogens is 2. The van der Waals surface area contributed by atoms with Crippen LogP contribution in [-0.2, 0) is 7.05 Å². The molecule has 0 aromatic carbocycles. The fraction of sp³-hybridized carbons (Fsp3) is 0.556. The van der Waals surface area contributed by atoms with Crippen molar-refractivity contribution in [2.24, 2.45) is 7.05 Å². The third-order valence-electron chi connectivity index (χ3n) is 2.42. The highest BCUT2D eigenvalue weighted by atomic mass is 19.3. The molecule has 1 aromatic heterocycles. The molecule has 1 saturated carbocycles. The van der Waals surface area contributed by atoms with Gasteiger partial charge >= 0.3 is 6.43 Å². The Morgan fingerprint density at radius 2 is 2.29 bits per heavy atom. The van der Waals surface area contributed by atoms with Crippen molar-refractivity contribution in [2.75, 3.05) is 0 Å². The zero-order chi connectivity index (χ0) is 10.3. The van der Waals surface area contributed by atoms with Gasteiger partial charge < -0.3 is 0 Å². The molecule has 0 atom stereocenters. The molecule has 0 spiro atoms. The van der Waals surface area contributed by atoms with E-state index in [0.717, 1.165) is 12.8 Å². The third kappa shape index (κ3) is 1.42. The van der Waals surface area contributed by atoms with Gasteiger partial charge in [-0.05, 0) is 18.8 Å². The maximum Gasteiger partial charge on any atom is 0.302 e. The van der Waals surface area contributed by atoms with E-state index in [1.165, 1.54) is 17.9 Å². The van der Waals surface area contributed by atoms with Gasteiger partial charge in [-0.25, -0.2) is 8.78 Å². The maximum atomic E-state index is 12.2. The largest absolute Gasteiger partial charge is 0.302 e. The van der Waals surface area contributed by atoms with Crippen molar-refractivity contribution in [3.05, 3.63) is 17.5 Å². The highest BCUT2D eigenvalue weighted by Crippen LogP contribution is 2.41. The van der Waals surface area contributed by atoms with Crippen LogP contribution in [0.4, 0.5) is 8.78 Å². The minimum Gasteiger partial charge on any atom is -0.286 e. The monoisotopic (exact) mass is 200 g/mol. The molecule has 0 aliphatic heterocycles. The first-order chi connectivity index (χ1) is 6.61. The Balaban J connectivity index is 2.38. The van der Waals surface area contributed by atoms with Gasteiger partial charge in [-0.3, -0.25) is 9.48 Å². The summed E-state index contributed by atoms with van der Waals surface area (Å²) in [4.78, 5) is 11.2. The molecule has 1 aromatic rings. The maximum absolute atomic E-state index is 12.2. The predicted molar refractivity (Wildman–Crippen MR) is 45.5 cm³/mol. The second-order valence-corrected chi connectivity index (χ2v) is 3.51. The van der Waals surface area contributed by atoms with E-state index in [-0.39, 0.29) is 11.6 Å². The molecule has 1 aliphatic carbocycles. The molecule has 0 amide bonds. The first kappa shape index (κ1) is 9.30. The van der Waals surface area contributed by atoms with Gasteiger partial charge in [-0.15, -0.1) is 0 Å². The van der Waals surface area contributed by atoms with Crippen LogP contribution in [-0.4, -0.2) is 22.0 Å². The molecule has 14 heavy (non-hydrogen) atoms. The van der Waals surface area contributed by atoms with Crippen LogP contribution in [0.5, 0.6) is 0 Å². The number of rotatable bonds is 3. The summed E-state index contributed by atoms with van der Waals surface area (Å²) in [6.45, 7) is 0. The number of carbonyl (C=O) groups excluding carboxylic acids is 1. The first-order valence-corrected chi connectivity index (χ1v) is 4.45. The molecule has 1 fully saturated rings. The normalized spacial score (nSPS) is 16.3. The predicted octanol–water partition coefficient (Wildman–Crippen LogP) is 1.75. The lowest BCUT2D eigenvalue weighted by molar-refractivity contribution is 0.0667. The highest BCUT2D eigenvalue weighted by molar-refractivity contribution is 5.98. The zero-order valence-electron chi connectivity index (χ0n) is 7.70. The summed E-state index contributed by atoms with van der Waals surface area (Å²) in [5, 5.41) is 3.84. The summed E-state index contributed by atoms with van der Waals surface area (Å²) in [6.07, 6.45) is 0.514. The van der Waals surface area contributed by atoms with Crippen LogP contribution in [0, 0.1) is 0 Å². The SMILES string of the molecule is Cn1ncc(C2CC2)c1C(=O)C(F)F. The Bertz CT molecular complexity index is 369. The number of Topliss-reactive ketones (excluding diaryl/α,β-unsaturated/α-hetero) is 1. The van der Waals surface area contributed by atoms with E-state index in [1.54, 1.807) is 0 Å². The number of nitrogens with zero attached hydrogens (tertiary/aromatic N) is 2. The summed E-state index contributed by atoms with van der Waals surface area (Å²) in [5.74, 6) is -0.853. The fourth-order valence-electron chi connectivity index (χ4n) is 1.55. The van der Waals surface area contributed by atoms with Crippen molar-refractivity contribution in [3.63, 3.8) is 0 Å². The van der Waals surface area contributed by atoms with Crippen LogP contribution in [0.15, 0.2) is 6.20 Å². The Hall–Kier alpha value is -1.26. The Morgan fingerprint density at radius 1 is 1.64 bits per heavy atom. The molecule has 76 valence electrons. The molecular formula is C9H10F2N2O. The van der Waals surface area contributed by atoms with Crippen molar-refractivity contribution in [3.8, 4) is 0 Å². The van der Waals surface area contributed by atoms with Crippen LogP contribution in [0.25, 0.3) is 0 Å². The molecule has 0 radical (unpaired) electrons. The third-order valence-corrected chi connectivity index (χ3v) is 2.42. The van der Waals surface area contributed by atoms with Crippen LogP contribution in [0.1, 0.15) is 34.8 Å². The number of aryl methyl sites for hydroxylation is 1. The first-order valence-electron chi connectivity index (χ1n) is 4.45. The van der Waals surface area contributed by atoms with E-state index >= 15 is 0 Å². The quantitative estimate of drug-likeness (QED) is 0.696. The van der Waals surface area contributed by atoms with Crippen molar-refractivity contribution in [1.82, 2.24) is 9.78 Å². The summed E-state index contributed by atoms with van der Waals surface area (Å²) < 4.78 is 25.7. The standard InChI is InChI=1S/C9H10F2N2O/c1-13-7(8(14)9(10)11)6(4-12-13)5-2-3-5/h4-5,9H,2-3H2,1H3. The van der Waals surface area contributed by atoms with E-state index in [0.29, 0.717) is 5.56 Å². The molecule has 1 aliphatic rings. The minimum atomic E-state index is -2.94. The molecule has 2 rings (SSSR count). The van der Waals surface area contributed by atoms with Gasteiger partial charge in [-0.1, -0.05) is 0 Å². The van der Waals surface area contributed by atoms with Crippen LogP contribution in [0.2, 0.25) is 0 Å². The van der Waals surface area contributed by atoms with Gasteiger partial charge in [0.25, 0.3) is 0 Å². The molecule has 0 unspecified atom stereocenters. The van der Waals surface area contributed by atoms with E-state index in [1.807, 2.05) is 0 Å². The van der Waals surface area contributed by atoms with Gasteiger partial charge in [0.2, 0.25) is 5.78 Å². The second-order valence-electron chi connectivity index (χ2n) is 3.51. The summed E-state index contributed by atoms with van der Waals surface area (Å²) in [7, 11) is 1.52. The average molecular weight is 200 g/mol. The Morgan fingerprint density at radius 3 is 2.79 bits per heavy atom. The summed E-state index contributed by atoms with van der Waals surface area (Å²) in [5.41, 5.74) is 0.750. The minimum absolute atomic E-state index is 0.0718. The molecule has 0 saturated heterocycles. The zero-order valence-corrected chi connectivity index (χ0v) is 7.70. The van der Waals surface area contributed by atoms with Gasteiger partial charge in [-0.2, -0.15) is 5.10 Å². The van der Waals surface area contributed by atoms with Gasteiger partial charge in [0, 0.05) is 12.6 Å². The van der Waals surface area contributed by atoms with Gasteiger partial charge in [0.1, 0.15) is 5.69 Å². The smallest absolute Gasteiger partial charge is 0.286 e. The lowest BCUT2D eigenvalue weighted by Gasteiger charge is -2.02. The van der Waals surface area contributed by atoms with E-state index in [2.05, 4.69) is 5.10 Å². The number of ketones is 1. The second kappa shape index (κ2) is 3.15. The molecule has 0 N–H and O–H groups in total. The van der Waals surface area contributed by atoms with Crippen LogP contribution < -0.4 is 0 Å².